The van der Waals surface area contributed by atoms with Gasteiger partial charge in [0.2, 0.25) is 5.91 Å². The fraction of sp³-hybridized carbons (Fsp3) is 0.556. The molecular weight excluding hydrogens is 484 g/mol. The van der Waals surface area contributed by atoms with Gasteiger partial charge in [-0.1, -0.05) is 0 Å². The Kier molecular flexibility index (Phi) is 6.37. The van der Waals surface area contributed by atoms with Gasteiger partial charge in [0.05, 0.1) is 24.1 Å². The first-order valence-corrected chi connectivity index (χ1v) is 13.6. The van der Waals surface area contributed by atoms with E-state index in [0.717, 1.165) is 44.2 Å². The molecule has 2 amide bonds. The summed E-state index contributed by atoms with van der Waals surface area (Å²) in [5.74, 6) is 0.915. The maximum absolute atomic E-state index is 13.6. The SMILES string of the molecule is CC(C)n1nccc1C(=O)N[C@H](C(=O)Nc1cnn(Cc2cc(C3CC3)n[nH]c2=O)c1)C(C1CC1)C1CC1. The smallest absolute Gasteiger partial charge is 0.270 e. The maximum Gasteiger partial charge on any atom is 0.270 e. The molecule has 3 N–H and O–H groups in total. The van der Waals surface area contributed by atoms with Crippen LogP contribution in [0.1, 0.15) is 86.1 Å². The number of aromatic nitrogens is 6. The molecule has 3 saturated carbocycles. The van der Waals surface area contributed by atoms with Crippen molar-refractivity contribution in [1.29, 1.82) is 0 Å². The molecule has 200 valence electrons. The van der Waals surface area contributed by atoms with E-state index < -0.39 is 6.04 Å². The minimum Gasteiger partial charge on any atom is -0.339 e. The number of aromatic amines is 1. The van der Waals surface area contributed by atoms with Gasteiger partial charge >= 0.3 is 0 Å². The standard InChI is InChI=1S/C27H34N8O3/c1-15(2)35-22(9-10-28-35)26(37)31-24(23(17-5-6-17)18-7-8-18)27(38)30-20-12-29-34(14-20)13-19-11-21(16-3-4-16)32-33-25(19)36/h9-12,14-18,23-24H,3-8,13H2,1-2H3,(H,30,38)(H,31,37)(H,33,36)/t24-/m0/s1. The van der Waals surface area contributed by atoms with Crippen LogP contribution >= 0.6 is 0 Å². The van der Waals surface area contributed by atoms with Gasteiger partial charge in [-0.3, -0.25) is 23.7 Å². The lowest BCUT2D eigenvalue weighted by Crippen LogP contribution is -2.50. The minimum absolute atomic E-state index is 0.0273. The Labute approximate surface area is 220 Å². The number of H-pyrrole nitrogens is 1. The normalized spacial score (nSPS) is 18.1. The fourth-order valence-electron chi connectivity index (χ4n) is 5.43. The number of hydrogen-bond acceptors (Lipinski definition) is 6. The van der Waals surface area contributed by atoms with E-state index in [0.29, 0.717) is 34.7 Å². The first-order valence-electron chi connectivity index (χ1n) is 13.6. The molecule has 0 saturated heterocycles. The first-order chi connectivity index (χ1) is 18.4. The highest BCUT2D eigenvalue weighted by molar-refractivity contribution is 6.00. The van der Waals surface area contributed by atoms with Crippen LogP contribution < -0.4 is 16.2 Å². The van der Waals surface area contributed by atoms with Gasteiger partial charge < -0.3 is 10.6 Å². The van der Waals surface area contributed by atoms with Crippen LogP contribution in [-0.2, 0) is 11.3 Å². The average Bonchev–Trinajstić information content (AvgIpc) is 3.80. The van der Waals surface area contributed by atoms with Crippen molar-refractivity contribution in [2.75, 3.05) is 5.32 Å². The predicted molar refractivity (Wildman–Crippen MR) is 140 cm³/mol. The summed E-state index contributed by atoms with van der Waals surface area (Å²) < 4.78 is 3.30. The van der Waals surface area contributed by atoms with Crippen molar-refractivity contribution in [1.82, 2.24) is 35.1 Å². The van der Waals surface area contributed by atoms with Crippen molar-refractivity contribution in [2.24, 2.45) is 17.8 Å². The zero-order valence-corrected chi connectivity index (χ0v) is 21.8. The Morgan fingerprint density at radius 3 is 2.50 bits per heavy atom. The molecule has 3 aromatic heterocycles. The van der Waals surface area contributed by atoms with E-state index in [-0.39, 0.29) is 35.9 Å². The third kappa shape index (κ3) is 5.27. The van der Waals surface area contributed by atoms with Gasteiger partial charge in [0.1, 0.15) is 11.7 Å². The molecule has 3 aliphatic carbocycles. The van der Waals surface area contributed by atoms with Gasteiger partial charge in [0.15, 0.2) is 0 Å². The third-order valence-corrected chi connectivity index (χ3v) is 7.81. The second-order valence-corrected chi connectivity index (χ2v) is 11.3. The molecule has 3 aliphatic rings. The lowest BCUT2D eigenvalue weighted by molar-refractivity contribution is -0.119. The maximum atomic E-state index is 13.6. The van der Waals surface area contributed by atoms with Gasteiger partial charge in [-0.15, -0.1) is 0 Å². The van der Waals surface area contributed by atoms with E-state index in [9.17, 15) is 14.4 Å². The second-order valence-electron chi connectivity index (χ2n) is 11.3. The quantitative estimate of drug-likeness (QED) is 0.357. The summed E-state index contributed by atoms with van der Waals surface area (Å²) in [5.41, 5.74) is 2.22. The molecule has 1 atom stereocenters. The molecule has 3 fully saturated rings. The number of anilines is 1. The van der Waals surface area contributed by atoms with Gasteiger partial charge in [-0.2, -0.15) is 15.3 Å². The highest BCUT2D eigenvalue weighted by atomic mass is 16.2. The van der Waals surface area contributed by atoms with Crippen molar-refractivity contribution in [3.63, 3.8) is 0 Å². The largest absolute Gasteiger partial charge is 0.339 e. The molecule has 11 nitrogen and oxygen atoms in total. The second kappa shape index (κ2) is 9.85. The van der Waals surface area contributed by atoms with E-state index >= 15 is 0 Å². The Balaban J connectivity index is 1.18. The highest BCUT2D eigenvalue weighted by Crippen LogP contribution is 2.51. The number of nitrogens with zero attached hydrogens (tertiary/aromatic N) is 5. The van der Waals surface area contributed by atoms with Gasteiger partial charge in [0.25, 0.3) is 11.5 Å². The summed E-state index contributed by atoms with van der Waals surface area (Å²) in [7, 11) is 0. The van der Waals surface area contributed by atoms with Crippen LogP contribution in [0.2, 0.25) is 0 Å². The number of hydrogen-bond donors (Lipinski definition) is 3. The van der Waals surface area contributed by atoms with Gasteiger partial charge in [-0.05, 0) is 82.3 Å². The molecule has 0 bridgehead atoms. The molecule has 0 radical (unpaired) electrons. The van der Waals surface area contributed by atoms with Crippen LogP contribution in [0.3, 0.4) is 0 Å². The molecule has 3 aromatic rings. The van der Waals surface area contributed by atoms with Crippen LogP contribution in [0, 0.1) is 17.8 Å². The Morgan fingerprint density at radius 1 is 1.11 bits per heavy atom. The number of nitrogens with one attached hydrogen (secondary N) is 3. The van der Waals surface area contributed by atoms with Crippen LogP contribution in [0.4, 0.5) is 5.69 Å². The monoisotopic (exact) mass is 518 g/mol. The lowest BCUT2D eigenvalue weighted by Gasteiger charge is -2.27. The summed E-state index contributed by atoms with van der Waals surface area (Å²) >= 11 is 0. The molecule has 6 rings (SSSR count). The summed E-state index contributed by atoms with van der Waals surface area (Å²) in [6.07, 6.45) is 11.4. The van der Waals surface area contributed by atoms with E-state index in [2.05, 4.69) is 31.0 Å². The van der Waals surface area contributed by atoms with Crippen LogP contribution in [0.25, 0.3) is 0 Å². The van der Waals surface area contributed by atoms with Crippen molar-refractivity contribution in [3.8, 4) is 0 Å². The number of amides is 2. The summed E-state index contributed by atoms with van der Waals surface area (Å²) in [6, 6.07) is 2.91. The van der Waals surface area contributed by atoms with E-state index in [1.54, 1.807) is 34.0 Å². The Bertz CT molecular complexity index is 1380. The summed E-state index contributed by atoms with van der Waals surface area (Å²) in [4.78, 5) is 39.2. The molecule has 38 heavy (non-hydrogen) atoms. The zero-order chi connectivity index (χ0) is 26.4. The summed E-state index contributed by atoms with van der Waals surface area (Å²) in [6.45, 7) is 4.21. The van der Waals surface area contributed by atoms with Crippen molar-refractivity contribution >= 4 is 17.5 Å². The molecule has 0 unspecified atom stereocenters. The molecular formula is C27H34N8O3. The van der Waals surface area contributed by atoms with Crippen molar-refractivity contribution in [2.45, 2.75) is 76.9 Å². The fourth-order valence-corrected chi connectivity index (χ4v) is 5.43. The molecule has 0 aromatic carbocycles. The topological polar surface area (TPSA) is 140 Å². The van der Waals surface area contributed by atoms with Gasteiger partial charge in [-0.25, -0.2) is 5.10 Å². The number of rotatable bonds is 11. The Morgan fingerprint density at radius 2 is 1.84 bits per heavy atom. The van der Waals surface area contributed by atoms with Crippen molar-refractivity contribution < 1.29 is 9.59 Å². The number of carbonyl (C=O) groups excluding carboxylic acids is 2. The highest BCUT2D eigenvalue weighted by Gasteiger charge is 2.48. The predicted octanol–water partition coefficient (Wildman–Crippen LogP) is 2.84. The van der Waals surface area contributed by atoms with E-state index in [1.165, 1.54) is 0 Å². The van der Waals surface area contributed by atoms with Crippen LogP contribution in [-0.4, -0.2) is 47.6 Å². The van der Waals surface area contributed by atoms with E-state index in [4.69, 9.17) is 0 Å². The van der Waals surface area contributed by atoms with Crippen molar-refractivity contribution in [3.05, 3.63) is 58.0 Å². The van der Waals surface area contributed by atoms with Crippen LogP contribution in [0.5, 0.6) is 0 Å². The number of carbonyl (C=O) groups is 2. The average molecular weight is 519 g/mol. The molecule has 0 spiro atoms. The molecule has 11 heteroatoms. The zero-order valence-electron chi connectivity index (χ0n) is 21.8. The van der Waals surface area contributed by atoms with E-state index in [1.807, 2.05) is 19.9 Å². The van der Waals surface area contributed by atoms with Gasteiger partial charge in [0, 0.05) is 29.9 Å². The lowest BCUT2D eigenvalue weighted by atomic mass is 9.88. The molecule has 0 aliphatic heterocycles. The van der Waals surface area contributed by atoms with Crippen LogP contribution in [0.15, 0.2) is 35.5 Å². The summed E-state index contributed by atoms with van der Waals surface area (Å²) in [5, 5.41) is 21.4. The molecule has 3 heterocycles. The minimum atomic E-state index is -0.648. The third-order valence-electron chi connectivity index (χ3n) is 7.81. The Hall–Kier alpha value is -3.76. The first kappa shape index (κ1) is 24.6.